The first-order valence-corrected chi connectivity index (χ1v) is 14.9. The van der Waals surface area contributed by atoms with E-state index in [2.05, 4.69) is 84.3 Å². The number of hydrogen-bond acceptors (Lipinski definition) is 0. The molecule has 1 aliphatic rings. The van der Waals surface area contributed by atoms with Crippen molar-refractivity contribution in [1.82, 2.24) is 4.40 Å². The standard InChI is InChI=1S/C38H43N2/c1-24-19-31-28-9-8-10-29-32-20-27(26-15-17-38(5,6)18-16-26)12-14-34(32)40(36(28)29)35(31)21-30(24)33-13-11-25(23-39(33)7)22-37(2,3)4/h8-14,19-21,23,26H,15-18,22H2,1-7H3/q+1/i22D2,26D. The molecule has 0 aliphatic heterocycles. The molecule has 0 spiro atoms. The van der Waals surface area contributed by atoms with Gasteiger partial charge >= 0.3 is 0 Å². The Morgan fingerprint density at radius 1 is 0.925 bits per heavy atom. The van der Waals surface area contributed by atoms with Crippen molar-refractivity contribution in [2.75, 3.05) is 0 Å². The summed E-state index contributed by atoms with van der Waals surface area (Å²) in [5.41, 5.74) is 8.71. The molecule has 0 unspecified atom stereocenters. The molecular weight excluding hydrogens is 484 g/mol. The molecule has 3 heterocycles. The van der Waals surface area contributed by atoms with Crippen LogP contribution in [-0.2, 0) is 13.4 Å². The number of rotatable bonds is 3. The maximum Gasteiger partial charge on any atom is 0.212 e. The van der Waals surface area contributed by atoms with E-state index in [1.54, 1.807) is 0 Å². The molecule has 6 aromatic rings. The molecule has 7 rings (SSSR count). The molecular formula is C38H43N2+. The van der Waals surface area contributed by atoms with Crippen molar-refractivity contribution in [1.29, 1.82) is 0 Å². The molecule has 204 valence electrons. The second-order valence-corrected chi connectivity index (χ2v) is 14.0. The van der Waals surface area contributed by atoms with Crippen LogP contribution in [0.3, 0.4) is 0 Å². The van der Waals surface area contributed by atoms with Crippen LogP contribution in [0.1, 0.15) is 87.0 Å². The summed E-state index contributed by atoms with van der Waals surface area (Å²) >= 11 is 0. The van der Waals surface area contributed by atoms with E-state index < -0.39 is 17.7 Å². The van der Waals surface area contributed by atoms with Crippen LogP contribution in [-0.4, -0.2) is 4.40 Å². The normalized spacial score (nSPS) is 18.9. The molecule has 0 saturated heterocycles. The number of nitrogens with zero attached hydrogens (tertiary/aromatic N) is 2. The zero-order valence-electron chi connectivity index (χ0n) is 28.1. The lowest BCUT2D eigenvalue weighted by Gasteiger charge is -2.34. The van der Waals surface area contributed by atoms with Crippen LogP contribution in [0.4, 0.5) is 0 Å². The maximum absolute atomic E-state index is 9.42. The molecule has 1 saturated carbocycles. The molecule has 0 amide bonds. The van der Waals surface area contributed by atoms with Gasteiger partial charge in [-0.05, 0) is 97.2 Å². The van der Waals surface area contributed by atoms with Gasteiger partial charge in [-0.25, -0.2) is 4.57 Å². The third-order valence-corrected chi connectivity index (χ3v) is 9.21. The topological polar surface area (TPSA) is 8.29 Å². The van der Waals surface area contributed by atoms with Gasteiger partial charge in [-0.2, -0.15) is 0 Å². The fourth-order valence-electron chi connectivity index (χ4n) is 7.04. The highest BCUT2D eigenvalue weighted by Crippen LogP contribution is 2.45. The third-order valence-electron chi connectivity index (χ3n) is 9.21. The van der Waals surface area contributed by atoms with E-state index in [0.29, 0.717) is 11.0 Å². The molecule has 2 heteroatoms. The van der Waals surface area contributed by atoms with Crippen LogP contribution in [0, 0.1) is 17.8 Å². The SMILES string of the molecule is [2H]C1(c2ccc3c(c2)c2cccc4c5cc(C)c(-c6ccc(C([2H])([2H])C(C)(C)C)c[n+]6C)cc5n3c24)CCC(C)(C)CC1. The Hall–Kier alpha value is -3.39. The van der Waals surface area contributed by atoms with Gasteiger partial charge in [0, 0.05) is 37.3 Å². The molecule has 3 aromatic carbocycles. The number of aromatic nitrogens is 2. The molecule has 0 atom stereocenters. The van der Waals surface area contributed by atoms with Gasteiger partial charge in [0.25, 0.3) is 0 Å². The summed E-state index contributed by atoms with van der Waals surface area (Å²) in [5.74, 6) is -0.522. The lowest BCUT2D eigenvalue weighted by atomic mass is 9.71. The second kappa shape index (κ2) is 8.80. The summed E-state index contributed by atoms with van der Waals surface area (Å²) in [6, 6.07) is 22.1. The first kappa shape index (κ1) is 22.3. The van der Waals surface area contributed by atoms with Crippen LogP contribution in [0.5, 0.6) is 0 Å². The number of fused-ring (bicyclic) bond motifs is 6. The zero-order valence-corrected chi connectivity index (χ0v) is 25.1. The second-order valence-electron chi connectivity index (χ2n) is 14.0. The van der Waals surface area contributed by atoms with Gasteiger partial charge < -0.3 is 4.40 Å². The molecule has 0 N–H and O–H groups in total. The quantitative estimate of drug-likeness (QED) is 0.201. The van der Waals surface area contributed by atoms with E-state index in [1.807, 2.05) is 40.1 Å². The largest absolute Gasteiger partial charge is 0.308 e. The molecule has 1 fully saturated rings. The Kier molecular flexibility index (Phi) is 4.91. The first-order valence-electron chi connectivity index (χ1n) is 16.4. The van der Waals surface area contributed by atoms with Crippen molar-refractivity contribution in [3.63, 3.8) is 0 Å². The highest BCUT2D eigenvalue weighted by Gasteiger charge is 2.28. The highest BCUT2D eigenvalue weighted by molar-refractivity contribution is 6.23. The van der Waals surface area contributed by atoms with Gasteiger partial charge in [-0.15, -0.1) is 0 Å². The lowest BCUT2D eigenvalue weighted by molar-refractivity contribution is -0.660. The van der Waals surface area contributed by atoms with Crippen LogP contribution in [0.25, 0.3) is 49.4 Å². The Bertz CT molecular complexity index is 2050. The van der Waals surface area contributed by atoms with Gasteiger partial charge in [0.1, 0.15) is 7.05 Å². The Morgan fingerprint density at radius 3 is 2.30 bits per heavy atom. The van der Waals surface area contributed by atoms with E-state index in [9.17, 15) is 1.37 Å². The van der Waals surface area contributed by atoms with E-state index >= 15 is 0 Å². The number of aryl methyl sites for hydroxylation is 2. The van der Waals surface area contributed by atoms with Crippen LogP contribution in [0.15, 0.2) is 66.9 Å². The predicted molar refractivity (Wildman–Crippen MR) is 171 cm³/mol. The highest BCUT2D eigenvalue weighted by atomic mass is 14.9. The zero-order chi connectivity index (χ0) is 30.7. The summed E-state index contributed by atoms with van der Waals surface area (Å²) in [5, 5.41) is 5.00. The Morgan fingerprint density at radius 2 is 1.62 bits per heavy atom. The van der Waals surface area contributed by atoms with Crippen molar-refractivity contribution < 1.29 is 8.68 Å². The van der Waals surface area contributed by atoms with Crippen LogP contribution >= 0.6 is 0 Å². The molecule has 2 nitrogen and oxygen atoms in total. The number of pyridine rings is 1. The summed E-state index contributed by atoms with van der Waals surface area (Å²) in [6.45, 7) is 12.7. The van der Waals surface area contributed by atoms with Gasteiger partial charge in [-0.3, -0.25) is 0 Å². The van der Waals surface area contributed by atoms with E-state index in [4.69, 9.17) is 2.74 Å². The lowest BCUT2D eigenvalue weighted by Crippen LogP contribution is -2.32. The number of benzene rings is 3. The van der Waals surface area contributed by atoms with E-state index in [-0.39, 0.29) is 0 Å². The average molecular weight is 531 g/mol. The maximum atomic E-state index is 9.42. The van der Waals surface area contributed by atoms with Gasteiger partial charge in [0.05, 0.1) is 22.1 Å². The van der Waals surface area contributed by atoms with E-state index in [0.717, 1.165) is 42.5 Å². The fraction of sp³-hybridized carbons (Fsp3) is 0.395. The minimum atomic E-state index is -1.45. The molecule has 0 bridgehead atoms. The average Bonchev–Trinajstić information content (AvgIpc) is 3.45. The Balaban J connectivity index is 1.41. The molecule has 1 aliphatic carbocycles. The van der Waals surface area contributed by atoms with Crippen molar-refractivity contribution in [2.24, 2.45) is 17.9 Å². The van der Waals surface area contributed by atoms with Gasteiger partial charge in [0.15, 0.2) is 6.20 Å². The smallest absolute Gasteiger partial charge is 0.212 e. The van der Waals surface area contributed by atoms with Crippen molar-refractivity contribution in [3.8, 4) is 11.3 Å². The monoisotopic (exact) mass is 530 g/mol. The summed E-state index contributed by atoms with van der Waals surface area (Å²) < 4.78 is 31.5. The summed E-state index contributed by atoms with van der Waals surface area (Å²) in [4.78, 5) is 0. The molecule has 0 radical (unpaired) electrons. The predicted octanol–water partition coefficient (Wildman–Crippen LogP) is 9.91. The number of para-hydroxylation sites is 1. The Labute approximate surface area is 243 Å². The molecule has 3 aromatic heterocycles. The summed E-state index contributed by atoms with van der Waals surface area (Å²) in [7, 11) is 2.02. The summed E-state index contributed by atoms with van der Waals surface area (Å²) in [6.07, 6.45) is 4.51. The van der Waals surface area contributed by atoms with Gasteiger partial charge in [-0.1, -0.05) is 58.9 Å². The van der Waals surface area contributed by atoms with Gasteiger partial charge in [0.2, 0.25) is 5.69 Å². The first-order chi connectivity index (χ1) is 20.1. The fourth-order valence-corrected chi connectivity index (χ4v) is 7.04. The minimum Gasteiger partial charge on any atom is -0.308 e. The van der Waals surface area contributed by atoms with Crippen molar-refractivity contribution >= 4 is 38.1 Å². The minimum absolute atomic E-state index is 0.328. The number of hydrogen-bond donors (Lipinski definition) is 0. The molecule has 40 heavy (non-hydrogen) atoms. The third kappa shape index (κ3) is 4.10. The van der Waals surface area contributed by atoms with Crippen LogP contribution < -0.4 is 4.57 Å². The van der Waals surface area contributed by atoms with Crippen LogP contribution in [0.2, 0.25) is 0 Å². The van der Waals surface area contributed by atoms with Crippen molar-refractivity contribution in [3.05, 3.63) is 83.6 Å². The van der Waals surface area contributed by atoms with Crippen molar-refractivity contribution in [2.45, 2.75) is 79.5 Å². The van der Waals surface area contributed by atoms with E-state index in [1.165, 1.54) is 43.7 Å².